The van der Waals surface area contributed by atoms with E-state index < -0.39 is 0 Å². The predicted molar refractivity (Wildman–Crippen MR) is 52.5 cm³/mol. The van der Waals surface area contributed by atoms with Gasteiger partial charge in [0.1, 0.15) is 6.07 Å². The molecule has 66 valence electrons. The van der Waals surface area contributed by atoms with Crippen molar-refractivity contribution < 1.29 is 4.74 Å². The molecule has 0 heterocycles. The molecule has 0 aliphatic heterocycles. The number of nitrogens with zero attached hydrogens (tertiary/aromatic N) is 1. The number of benzene rings is 1. The van der Waals surface area contributed by atoms with Gasteiger partial charge in [-0.05, 0) is 40.9 Å². The van der Waals surface area contributed by atoms with Crippen molar-refractivity contribution in [3.63, 3.8) is 0 Å². The van der Waals surface area contributed by atoms with E-state index >= 15 is 0 Å². The molecule has 1 saturated carbocycles. The first-order chi connectivity index (χ1) is 6.31. The summed E-state index contributed by atoms with van der Waals surface area (Å²) in [7, 11) is 0. The Bertz CT molecular complexity index is 366. The average molecular weight is 238 g/mol. The summed E-state index contributed by atoms with van der Waals surface area (Å²) < 4.78 is 6.47. The van der Waals surface area contributed by atoms with Crippen molar-refractivity contribution in [3.8, 4) is 11.8 Å². The second-order valence-electron chi connectivity index (χ2n) is 3.05. The second-order valence-corrected chi connectivity index (χ2v) is 3.90. The zero-order valence-electron chi connectivity index (χ0n) is 6.96. The minimum atomic E-state index is 0.325. The van der Waals surface area contributed by atoms with Gasteiger partial charge in [-0.25, -0.2) is 0 Å². The number of ether oxygens (including phenoxy) is 1. The maximum Gasteiger partial charge on any atom is 0.151 e. The Hall–Kier alpha value is -1.01. The molecular weight excluding hydrogens is 230 g/mol. The molecule has 0 amide bonds. The Morgan fingerprint density at radius 3 is 2.85 bits per heavy atom. The lowest BCUT2D eigenvalue weighted by atomic mass is 10.2. The van der Waals surface area contributed by atoms with Gasteiger partial charge in [0, 0.05) is 0 Å². The van der Waals surface area contributed by atoms with Gasteiger partial charge in [0.2, 0.25) is 0 Å². The summed E-state index contributed by atoms with van der Waals surface area (Å²) in [6.07, 6.45) is 2.53. The standard InChI is InChI=1S/C10H8BrNO/c11-9-3-1-2-7(6-12)10(9)13-8-4-5-8/h1-3,8H,4-5H2. The van der Waals surface area contributed by atoms with Crippen LogP contribution in [0, 0.1) is 11.3 Å². The fourth-order valence-corrected chi connectivity index (χ4v) is 1.53. The van der Waals surface area contributed by atoms with Crippen LogP contribution in [0.3, 0.4) is 0 Å². The molecule has 1 aromatic carbocycles. The SMILES string of the molecule is N#Cc1cccc(Br)c1OC1CC1. The highest BCUT2D eigenvalue weighted by molar-refractivity contribution is 9.10. The summed E-state index contributed by atoms with van der Waals surface area (Å²) in [4.78, 5) is 0. The van der Waals surface area contributed by atoms with Crippen LogP contribution >= 0.6 is 15.9 Å². The summed E-state index contributed by atoms with van der Waals surface area (Å²) in [6, 6.07) is 7.60. The molecule has 0 N–H and O–H groups in total. The molecule has 1 aliphatic rings. The molecule has 1 aliphatic carbocycles. The van der Waals surface area contributed by atoms with E-state index in [1.807, 2.05) is 12.1 Å². The molecule has 3 heteroatoms. The van der Waals surface area contributed by atoms with Crippen molar-refractivity contribution in [2.75, 3.05) is 0 Å². The van der Waals surface area contributed by atoms with Crippen LogP contribution < -0.4 is 4.74 Å². The van der Waals surface area contributed by atoms with E-state index in [0.29, 0.717) is 17.4 Å². The zero-order valence-corrected chi connectivity index (χ0v) is 8.54. The maximum atomic E-state index is 8.83. The van der Waals surface area contributed by atoms with Crippen molar-refractivity contribution in [1.82, 2.24) is 0 Å². The van der Waals surface area contributed by atoms with Crippen LogP contribution in [0.2, 0.25) is 0 Å². The van der Waals surface area contributed by atoms with E-state index in [9.17, 15) is 0 Å². The van der Waals surface area contributed by atoms with Crippen molar-refractivity contribution in [3.05, 3.63) is 28.2 Å². The first-order valence-corrected chi connectivity index (χ1v) is 4.96. The van der Waals surface area contributed by atoms with Crippen LogP contribution in [-0.2, 0) is 0 Å². The molecule has 0 spiro atoms. The summed E-state index contributed by atoms with van der Waals surface area (Å²) in [6.45, 7) is 0. The number of nitriles is 1. The van der Waals surface area contributed by atoms with E-state index in [2.05, 4.69) is 22.0 Å². The van der Waals surface area contributed by atoms with Crippen molar-refractivity contribution in [2.45, 2.75) is 18.9 Å². The van der Waals surface area contributed by atoms with Crippen molar-refractivity contribution in [1.29, 1.82) is 5.26 Å². The van der Waals surface area contributed by atoms with Crippen LogP contribution in [0.25, 0.3) is 0 Å². The third-order valence-electron chi connectivity index (χ3n) is 1.90. The van der Waals surface area contributed by atoms with Gasteiger partial charge in [0.25, 0.3) is 0 Å². The van der Waals surface area contributed by atoms with Crippen LogP contribution in [0.15, 0.2) is 22.7 Å². The van der Waals surface area contributed by atoms with E-state index in [-0.39, 0.29) is 0 Å². The Morgan fingerprint density at radius 2 is 2.23 bits per heavy atom. The molecule has 1 aromatic rings. The zero-order chi connectivity index (χ0) is 9.26. The lowest BCUT2D eigenvalue weighted by Crippen LogP contribution is -1.98. The Kier molecular flexibility index (Phi) is 2.24. The summed E-state index contributed by atoms with van der Waals surface area (Å²) in [5, 5.41) is 8.83. The highest BCUT2D eigenvalue weighted by Crippen LogP contribution is 2.34. The highest BCUT2D eigenvalue weighted by atomic mass is 79.9. The molecule has 0 saturated heterocycles. The summed E-state index contributed by atoms with van der Waals surface area (Å²) in [5.41, 5.74) is 0.598. The van der Waals surface area contributed by atoms with Gasteiger partial charge in [-0.1, -0.05) is 6.07 Å². The fraction of sp³-hybridized carbons (Fsp3) is 0.300. The second kappa shape index (κ2) is 3.39. The average Bonchev–Trinajstić information content (AvgIpc) is 2.92. The normalized spacial score (nSPS) is 15.1. The minimum absolute atomic E-state index is 0.325. The summed E-state index contributed by atoms with van der Waals surface area (Å²) >= 11 is 3.37. The highest BCUT2D eigenvalue weighted by Gasteiger charge is 2.25. The maximum absolute atomic E-state index is 8.83. The van der Waals surface area contributed by atoms with E-state index in [0.717, 1.165) is 17.3 Å². The van der Waals surface area contributed by atoms with E-state index in [1.54, 1.807) is 6.07 Å². The third-order valence-corrected chi connectivity index (χ3v) is 2.52. The topological polar surface area (TPSA) is 33.0 Å². The molecule has 2 rings (SSSR count). The number of hydrogen-bond donors (Lipinski definition) is 0. The number of halogens is 1. The van der Waals surface area contributed by atoms with Gasteiger partial charge < -0.3 is 4.74 Å². The molecule has 1 fully saturated rings. The summed E-state index contributed by atoms with van der Waals surface area (Å²) in [5.74, 6) is 0.688. The Labute approximate surface area is 85.3 Å². The van der Waals surface area contributed by atoms with Gasteiger partial charge >= 0.3 is 0 Å². The lowest BCUT2D eigenvalue weighted by molar-refractivity contribution is 0.300. The van der Waals surface area contributed by atoms with E-state index in [4.69, 9.17) is 10.00 Å². The van der Waals surface area contributed by atoms with Gasteiger partial charge in [-0.15, -0.1) is 0 Å². The fourth-order valence-electron chi connectivity index (χ4n) is 1.07. The quantitative estimate of drug-likeness (QED) is 0.793. The van der Waals surface area contributed by atoms with Crippen LogP contribution in [0.4, 0.5) is 0 Å². The molecule has 2 nitrogen and oxygen atoms in total. The van der Waals surface area contributed by atoms with E-state index in [1.165, 1.54) is 0 Å². The van der Waals surface area contributed by atoms with Gasteiger partial charge in [0.15, 0.2) is 5.75 Å². The third kappa shape index (κ3) is 1.84. The lowest BCUT2D eigenvalue weighted by Gasteiger charge is -2.07. The number of hydrogen-bond acceptors (Lipinski definition) is 2. The minimum Gasteiger partial charge on any atom is -0.488 e. The number of para-hydroxylation sites is 1. The van der Waals surface area contributed by atoms with Gasteiger partial charge in [-0.2, -0.15) is 5.26 Å². The smallest absolute Gasteiger partial charge is 0.151 e. The predicted octanol–water partition coefficient (Wildman–Crippen LogP) is 2.86. The molecule has 0 radical (unpaired) electrons. The first-order valence-electron chi connectivity index (χ1n) is 4.16. The molecule has 0 unspecified atom stereocenters. The van der Waals surface area contributed by atoms with Crippen LogP contribution in [0.1, 0.15) is 18.4 Å². The van der Waals surface area contributed by atoms with Gasteiger partial charge in [0.05, 0.1) is 16.1 Å². The first kappa shape index (κ1) is 8.58. The Balaban J connectivity index is 2.34. The number of rotatable bonds is 2. The molecule has 0 bridgehead atoms. The molecule has 0 atom stereocenters. The van der Waals surface area contributed by atoms with Crippen LogP contribution in [-0.4, -0.2) is 6.10 Å². The molecular formula is C10H8BrNO. The van der Waals surface area contributed by atoms with Crippen molar-refractivity contribution >= 4 is 15.9 Å². The van der Waals surface area contributed by atoms with Crippen molar-refractivity contribution in [2.24, 2.45) is 0 Å². The van der Waals surface area contributed by atoms with Crippen LogP contribution in [0.5, 0.6) is 5.75 Å². The monoisotopic (exact) mass is 237 g/mol. The Morgan fingerprint density at radius 1 is 1.46 bits per heavy atom. The molecule has 13 heavy (non-hydrogen) atoms. The van der Waals surface area contributed by atoms with Gasteiger partial charge in [-0.3, -0.25) is 0 Å². The molecule has 0 aromatic heterocycles. The largest absolute Gasteiger partial charge is 0.488 e.